The van der Waals surface area contributed by atoms with E-state index in [1.54, 1.807) is 12.1 Å². The van der Waals surface area contributed by atoms with E-state index >= 15 is 0 Å². The molecule has 0 aliphatic carbocycles. The van der Waals surface area contributed by atoms with Gasteiger partial charge < -0.3 is 14.8 Å². The molecule has 3 rings (SSSR count). The fraction of sp³-hybridized carbons (Fsp3) is 0.353. The number of carbonyl (C=O) groups is 1. The van der Waals surface area contributed by atoms with Gasteiger partial charge in [0, 0.05) is 35.7 Å². The topological polar surface area (TPSA) is 37.3 Å². The summed E-state index contributed by atoms with van der Waals surface area (Å²) in [5.41, 5.74) is 1.92. The summed E-state index contributed by atoms with van der Waals surface area (Å²) in [5, 5.41) is 3.57. The molecule has 1 aliphatic heterocycles. The van der Waals surface area contributed by atoms with E-state index in [-0.39, 0.29) is 12.1 Å². The maximum atomic E-state index is 12.7. The molecular weight excluding hydrogens is 298 g/mol. The number of anilines is 1. The van der Waals surface area contributed by atoms with Gasteiger partial charge in [0.15, 0.2) is 0 Å². The average Bonchev–Trinajstić information content (AvgIpc) is 2.94. The van der Waals surface area contributed by atoms with Gasteiger partial charge in [0.2, 0.25) is 0 Å². The molecule has 0 saturated heterocycles. The maximum Gasteiger partial charge on any atom is 0.322 e. The van der Waals surface area contributed by atoms with Crippen LogP contribution >= 0.6 is 11.6 Å². The lowest BCUT2D eigenvalue weighted by Crippen LogP contribution is -2.45. The largest absolute Gasteiger partial charge is 0.348 e. The predicted molar refractivity (Wildman–Crippen MR) is 89.2 cm³/mol. The van der Waals surface area contributed by atoms with Crippen LogP contribution < -0.4 is 5.32 Å². The van der Waals surface area contributed by atoms with Crippen LogP contribution in [0, 0.1) is 5.92 Å². The van der Waals surface area contributed by atoms with Crippen molar-refractivity contribution in [2.24, 2.45) is 5.92 Å². The number of amides is 2. The van der Waals surface area contributed by atoms with Gasteiger partial charge >= 0.3 is 6.03 Å². The van der Waals surface area contributed by atoms with Crippen LogP contribution in [0.25, 0.3) is 0 Å². The minimum Gasteiger partial charge on any atom is -0.348 e. The number of hydrogen-bond acceptors (Lipinski definition) is 1. The van der Waals surface area contributed by atoms with Crippen LogP contribution in [0.15, 0.2) is 42.6 Å². The van der Waals surface area contributed by atoms with E-state index in [0.717, 1.165) is 12.2 Å². The van der Waals surface area contributed by atoms with Crippen molar-refractivity contribution in [3.05, 3.63) is 53.3 Å². The summed E-state index contributed by atoms with van der Waals surface area (Å²) in [4.78, 5) is 14.6. The lowest BCUT2D eigenvalue weighted by molar-refractivity contribution is 0.144. The summed E-state index contributed by atoms with van der Waals surface area (Å²) in [5.74, 6) is 0.346. The van der Waals surface area contributed by atoms with Gasteiger partial charge in [-0.05, 0) is 36.2 Å². The van der Waals surface area contributed by atoms with Crippen molar-refractivity contribution in [3.63, 3.8) is 0 Å². The van der Waals surface area contributed by atoms with E-state index in [2.05, 4.69) is 36.0 Å². The number of benzene rings is 1. The molecule has 2 amide bonds. The number of aromatic nitrogens is 1. The molecule has 0 saturated carbocycles. The summed E-state index contributed by atoms with van der Waals surface area (Å²) in [6.07, 6.45) is 2.08. The second-order valence-corrected chi connectivity index (χ2v) is 6.39. The second-order valence-electron chi connectivity index (χ2n) is 5.95. The van der Waals surface area contributed by atoms with Gasteiger partial charge in [-0.1, -0.05) is 31.5 Å². The van der Waals surface area contributed by atoms with Crippen LogP contribution in [0.4, 0.5) is 10.5 Å². The van der Waals surface area contributed by atoms with E-state index in [1.807, 2.05) is 23.1 Å². The Bertz CT molecular complexity index is 680. The number of carbonyl (C=O) groups excluding carboxylic acids is 1. The van der Waals surface area contributed by atoms with Gasteiger partial charge in [0.05, 0.1) is 6.04 Å². The van der Waals surface area contributed by atoms with Gasteiger partial charge in [-0.2, -0.15) is 0 Å². The van der Waals surface area contributed by atoms with Crippen molar-refractivity contribution in [1.82, 2.24) is 9.47 Å². The first-order valence-electron chi connectivity index (χ1n) is 7.54. The van der Waals surface area contributed by atoms with Gasteiger partial charge in [0.1, 0.15) is 0 Å². The van der Waals surface area contributed by atoms with Crippen LogP contribution in [-0.4, -0.2) is 22.0 Å². The number of nitrogens with one attached hydrogen (secondary N) is 1. The summed E-state index contributed by atoms with van der Waals surface area (Å²) in [7, 11) is 0. The SMILES string of the molecule is CC(C)[C@H]1c2cccn2CCN1C(=O)Nc1cccc(Cl)c1. The van der Waals surface area contributed by atoms with Gasteiger partial charge in [-0.15, -0.1) is 0 Å². The molecule has 0 spiro atoms. The summed E-state index contributed by atoms with van der Waals surface area (Å²) >= 11 is 5.98. The molecule has 5 heteroatoms. The van der Waals surface area contributed by atoms with Crippen molar-refractivity contribution in [3.8, 4) is 0 Å². The second kappa shape index (κ2) is 6.05. The fourth-order valence-electron chi connectivity index (χ4n) is 3.10. The zero-order chi connectivity index (χ0) is 15.7. The van der Waals surface area contributed by atoms with Crippen LogP contribution in [-0.2, 0) is 6.54 Å². The Morgan fingerprint density at radius 2 is 2.09 bits per heavy atom. The van der Waals surface area contributed by atoms with Crippen molar-refractivity contribution in [2.45, 2.75) is 26.4 Å². The monoisotopic (exact) mass is 317 g/mol. The molecule has 0 radical (unpaired) electrons. The molecule has 0 fully saturated rings. The number of rotatable bonds is 2. The molecule has 22 heavy (non-hydrogen) atoms. The van der Waals surface area contributed by atoms with E-state index in [4.69, 9.17) is 11.6 Å². The normalized spacial score (nSPS) is 17.5. The van der Waals surface area contributed by atoms with E-state index < -0.39 is 0 Å². The van der Waals surface area contributed by atoms with Gasteiger partial charge in [-0.3, -0.25) is 0 Å². The average molecular weight is 318 g/mol. The highest BCUT2D eigenvalue weighted by Gasteiger charge is 2.32. The Kier molecular flexibility index (Phi) is 4.12. The molecule has 116 valence electrons. The Morgan fingerprint density at radius 3 is 2.82 bits per heavy atom. The van der Waals surface area contributed by atoms with Crippen LogP contribution in [0.5, 0.6) is 0 Å². The zero-order valence-electron chi connectivity index (χ0n) is 12.8. The van der Waals surface area contributed by atoms with Gasteiger partial charge in [-0.25, -0.2) is 4.79 Å². The van der Waals surface area contributed by atoms with E-state index in [9.17, 15) is 4.79 Å². The Morgan fingerprint density at radius 1 is 1.27 bits per heavy atom. The quantitative estimate of drug-likeness (QED) is 0.876. The summed E-state index contributed by atoms with van der Waals surface area (Å²) in [6.45, 7) is 5.82. The van der Waals surface area contributed by atoms with Gasteiger partial charge in [0.25, 0.3) is 0 Å². The first-order valence-corrected chi connectivity index (χ1v) is 7.92. The molecular formula is C17H20ClN3O. The lowest BCUT2D eigenvalue weighted by atomic mass is 9.97. The third-order valence-corrected chi connectivity index (χ3v) is 4.29. The highest BCUT2D eigenvalue weighted by atomic mass is 35.5. The Balaban J connectivity index is 1.82. The van der Waals surface area contributed by atoms with Crippen molar-refractivity contribution >= 4 is 23.3 Å². The lowest BCUT2D eigenvalue weighted by Gasteiger charge is -2.39. The van der Waals surface area contributed by atoms with Crippen LogP contribution in [0.3, 0.4) is 0 Å². The maximum absolute atomic E-state index is 12.7. The number of fused-ring (bicyclic) bond motifs is 1. The first-order chi connectivity index (χ1) is 10.6. The molecule has 1 aromatic carbocycles. The van der Waals surface area contributed by atoms with Crippen molar-refractivity contribution in [2.75, 3.05) is 11.9 Å². The molecule has 1 N–H and O–H groups in total. The van der Waals surface area contributed by atoms with E-state index in [0.29, 0.717) is 17.5 Å². The number of halogens is 1. The molecule has 2 aromatic rings. The highest BCUT2D eigenvalue weighted by molar-refractivity contribution is 6.30. The number of nitrogens with zero attached hydrogens (tertiary/aromatic N) is 2. The third kappa shape index (κ3) is 2.83. The van der Waals surface area contributed by atoms with E-state index in [1.165, 1.54) is 5.69 Å². The standard InChI is InChI=1S/C17H20ClN3O/c1-12(2)16-15-7-4-8-20(15)9-10-21(16)17(22)19-14-6-3-5-13(18)11-14/h3-8,11-12,16H,9-10H2,1-2H3,(H,19,22)/t16-/m0/s1. The Hall–Kier alpha value is -1.94. The fourth-order valence-corrected chi connectivity index (χ4v) is 3.29. The minimum absolute atomic E-state index is 0.0755. The zero-order valence-corrected chi connectivity index (χ0v) is 13.5. The summed E-state index contributed by atoms with van der Waals surface area (Å²) < 4.78 is 2.23. The molecule has 1 aromatic heterocycles. The molecule has 0 bridgehead atoms. The smallest absolute Gasteiger partial charge is 0.322 e. The first kappa shape index (κ1) is 15.0. The number of urea groups is 1. The van der Waals surface area contributed by atoms with Crippen LogP contribution in [0.2, 0.25) is 5.02 Å². The van der Waals surface area contributed by atoms with Crippen LogP contribution in [0.1, 0.15) is 25.6 Å². The molecule has 4 nitrogen and oxygen atoms in total. The van der Waals surface area contributed by atoms with Crippen molar-refractivity contribution < 1.29 is 4.79 Å². The van der Waals surface area contributed by atoms with Crippen molar-refractivity contribution in [1.29, 1.82) is 0 Å². The third-order valence-electron chi connectivity index (χ3n) is 4.05. The molecule has 1 atom stereocenters. The Labute approximate surface area is 135 Å². The summed E-state index contributed by atoms with van der Waals surface area (Å²) in [6, 6.07) is 11.4. The molecule has 1 aliphatic rings. The highest BCUT2D eigenvalue weighted by Crippen LogP contribution is 2.32. The predicted octanol–water partition coefficient (Wildman–Crippen LogP) is 4.39. The molecule has 2 heterocycles. The number of hydrogen-bond donors (Lipinski definition) is 1. The molecule has 0 unspecified atom stereocenters. The minimum atomic E-state index is -0.0755.